The number of nitrogens with one attached hydrogen (secondary N) is 1. The maximum absolute atomic E-state index is 13.3. The predicted molar refractivity (Wildman–Crippen MR) is 146 cm³/mol. The molecule has 0 radical (unpaired) electrons. The normalized spacial score (nSPS) is 13.3. The Balaban J connectivity index is 1.97. The van der Waals surface area contributed by atoms with E-state index in [1.807, 2.05) is 36.4 Å². The number of nitrogens with zero attached hydrogens (tertiary/aromatic N) is 2. The fraction of sp³-hybridized carbons (Fsp3) is 0.357. The van der Waals surface area contributed by atoms with Crippen LogP contribution >= 0.6 is 0 Å². The Hall–Kier alpha value is -2.87. The van der Waals surface area contributed by atoms with Crippen molar-refractivity contribution < 1.29 is 8.42 Å². The van der Waals surface area contributed by atoms with Crippen LogP contribution in [0.25, 0.3) is 0 Å². The van der Waals surface area contributed by atoms with Gasteiger partial charge in [-0.2, -0.15) is 0 Å². The molecule has 2 atom stereocenters. The number of benzene rings is 3. The molecule has 0 bridgehead atoms. The van der Waals surface area contributed by atoms with Crippen molar-refractivity contribution in [1.29, 1.82) is 0 Å². The summed E-state index contributed by atoms with van der Waals surface area (Å²) >= 11 is 0. The summed E-state index contributed by atoms with van der Waals surface area (Å²) in [5, 5.41) is 0. The molecule has 35 heavy (non-hydrogen) atoms. The van der Waals surface area contributed by atoms with Gasteiger partial charge in [0.15, 0.2) is 0 Å². The second-order valence-corrected chi connectivity index (χ2v) is 10.2. The molecule has 0 aliphatic rings. The highest BCUT2D eigenvalue weighted by Gasteiger charge is 2.28. The van der Waals surface area contributed by atoms with Crippen LogP contribution in [-0.4, -0.2) is 34.6 Å². The van der Waals surface area contributed by atoms with Crippen molar-refractivity contribution in [3.05, 3.63) is 90.0 Å². The van der Waals surface area contributed by atoms with Gasteiger partial charge in [-0.3, -0.25) is 0 Å². The Morgan fingerprint density at radius 2 is 1.11 bits per heavy atom. The monoisotopic (exact) mass is 494 g/mol. The zero-order chi connectivity index (χ0) is 25.4. The second-order valence-electron chi connectivity index (χ2n) is 8.47. The molecule has 3 rings (SSSR count). The van der Waals surface area contributed by atoms with Crippen LogP contribution in [0.3, 0.4) is 0 Å². The first-order valence-corrected chi connectivity index (χ1v) is 13.9. The van der Waals surface area contributed by atoms with E-state index < -0.39 is 22.1 Å². The van der Waals surface area contributed by atoms with E-state index in [0.717, 1.165) is 48.7 Å². The molecule has 188 valence electrons. The minimum Gasteiger partial charge on any atom is -0.372 e. The average Bonchev–Trinajstić information content (AvgIpc) is 2.90. The molecule has 3 N–H and O–H groups in total. The topological polar surface area (TPSA) is 78.7 Å². The van der Waals surface area contributed by atoms with E-state index in [9.17, 15) is 8.42 Å². The molecule has 0 fully saturated rings. The third kappa shape index (κ3) is 6.42. The summed E-state index contributed by atoms with van der Waals surface area (Å²) in [6.45, 7) is 12.1. The summed E-state index contributed by atoms with van der Waals surface area (Å²) in [5.41, 5.74) is 10.7. The van der Waals surface area contributed by atoms with Gasteiger partial charge in [0.05, 0.1) is 17.0 Å². The second kappa shape index (κ2) is 12.2. The fourth-order valence-electron chi connectivity index (χ4n) is 4.35. The van der Waals surface area contributed by atoms with Crippen molar-refractivity contribution in [2.75, 3.05) is 36.0 Å². The van der Waals surface area contributed by atoms with E-state index in [2.05, 4.69) is 54.3 Å². The first-order chi connectivity index (χ1) is 16.8. The molecule has 3 aromatic rings. The van der Waals surface area contributed by atoms with Gasteiger partial charge < -0.3 is 15.5 Å². The Morgan fingerprint density at radius 3 is 1.54 bits per heavy atom. The van der Waals surface area contributed by atoms with Gasteiger partial charge in [0.1, 0.15) is 0 Å². The molecular formula is C28H38N4O2S. The van der Waals surface area contributed by atoms with Gasteiger partial charge in [0.2, 0.25) is 10.0 Å². The zero-order valence-electron chi connectivity index (χ0n) is 21.2. The largest absolute Gasteiger partial charge is 0.372 e. The third-order valence-electron chi connectivity index (χ3n) is 6.48. The van der Waals surface area contributed by atoms with Crippen molar-refractivity contribution in [3.63, 3.8) is 0 Å². The van der Waals surface area contributed by atoms with Crippen LogP contribution in [0, 0.1) is 0 Å². The number of anilines is 2. The van der Waals surface area contributed by atoms with Crippen LogP contribution in [0.2, 0.25) is 0 Å². The van der Waals surface area contributed by atoms with Crippen LogP contribution in [0.5, 0.6) is 0 Å². The quantitative estimate of drug-likeness (QED) is 0.366. The lowest BCUT2D eigenvalue weighted by Gasteiger charge is -2.28. The summed E-state index contributed by atoms with van der Waals surface area (Å²) in [4.78, 5) is 4.73. The number of hydrogen-bond acceptors (Lipinski definition) is 5. The molecule has 0 heterocycles. The molecule has 6 nitrogen and oxygen atoms in total. The Kier molecular flexibility index (Phi) is 9.32. The summed E-state index contributed by atoms with van der Waals surface area (Å²) in [6, 6.07) is 23.3. The molecule has 0 aliphatic carbocycles. The molecule has 0 spiro atoms. The summed E-state index contributed by atoms with van der Waals surface area (Å²) in [6.07, 6.45) is 0. The van der Waals surface area contributed by atoms with Crippen molar-refractivity contribution in [1.82, 2.24) is 4.72 Å². The first kappa shape index (κ1) is 26.7. The molecule has 0 aromatic heterocycles. The van der Waals surface area contributed by atoms with Crippen molar-refractivity contribution >= 4 is 21.4 Å². The van der Waals surface area contributed by atoms with Crippen molar-refractivity contribution in [2.24, 2.45) is 5.73 Å². The van der Waals surface area contributed by atoms with E-state index in [4.69, 9.17) is 5.73 Å². The Morgan fingerprint density at radius 1 is 0.686 bits per heavy atom. The van der Waals surface area contributed by atoms with Crippen molar-refractivity contribution in [3.8, 4) is 0 Å². The number of sulfonamides is 1. The molecular weight excluding hydrogens is 456 g/mol. The van der Waals surface area contributed by atoms with Crippen LogP contribution in [0.15, 0.2) is 83.8 Å². The lowest BCUT2D eigenvalue weighted by Crippen LogP contribution is -2.36. The number of rotatable bonds is 12. The highest BCUT2D eigenvalue weighted by atomic mass is 32.2. The van der Waals surface area contributed by atoms with Gasteiger partial charge >= 0.3 is 0 Å². The molecule has 0 saturated heterocycles. The van der Waals surface area contributed by atoms with Crippen LogP contribution < -0.4 is 20.3 Å². The average molecular weight is 495 g/mol. The highest BCUT2D eigenvalue weighted by molar-refractivity contribution is 7.89. The van der Waals surface area contributed by atoms with Gasteiger partial charge in [-0.25, -0.2) is 13.1 Å². The van der Waals surface area contributed by atoms with Gasteiger partial charge in [0.25, 0.3) is 0 Å². The summed E-state index contributed by atoms with van der Waals surface area (Å²) in [5.74, 6) is 0. The lowest BCUT2D eigenvalue weighted by atomic mass is 9.94. The van der Waals surface area contributed by atoms with E-state index in [1.54, 1.807) is 30.3 Å². The Labute approximate surface area is 210 Å². The number of hydrogen-bond donors (Lipinski definition) is 2. The molecule has 2 unspecified atom stereocenters. The smallest absolute Gasteiger partial charge is 0.241 e. The SMILES string of the molecule is CCN(CC)c1ccc(C(N)C(NS(=O)(=O)c2ccccc2)c2ccc(N(CC)CC)cc2)cc1. The van der Waals surface area contributed by atoms with Gasteiger partial charge in [-0.05, 0) is 75.2 Å². The predicted octanol–water partition coefficient (Wildman–Crippen LogP) is 5.10. The third-order valence-corrected chi connectivity index (χ3v) is 7.94. The maximum Gasteiger partial charge on any atom is 0.241 e. The number of nitrogens with two attached hydrogens (primary N) is 1. The van der Waals surface area contributed by atoms with Crippen molar-refractivity contribution in [2.45, 2.75) is 44.7 Å². The first-order valence-electron chi connectivity index (χ1n) is 12.4. The van der Waals surface area contributed by atoms with E-state index >= 15 is 0 Å². The molecule has 7 heteroatoms. The standard InChI is InChI=1S/C28H38N4O2S/c1-5-31(6-2)24-18-14-22(15-19-24)27(29)28(30-35(33,34)26-12-10-9-11-13-26)23-16-20-25(21-17-23)32(7-3)8-4/h9-21,27-28,30H,5-8,29H2,1-4H3. The minimum atomic E-state index is -3.77. The summed E-state index contributed by atoms with van der Waals surface area (Å²) in [7, 11) is -3.77. The van der Waals surface area contributed by atoms with E-state index in [1.165, 1.54) is 0 Å². The van der Waals surface area contributed by atoms with Crippen LogP contribution in [0.1, 0.15) is 50.9 Å². The van der Waals surface area contributed by atoms with E-state index in [0.29, 0.717) is 0 Å². The fourth-order valence-corrected chi connectivity index (χ4v) is 5.62. The van der Waals surface area contributed by atoms with E-state index in [-0.39, 0.29) is 4.90 Å². The minimum absolute atomic E-state index is 0.217. The molecule has 0 amide bonds. The Bertz CT molecular complexity index is 1140. The lowest BCUT2D eigenvalue weighted by molar-refractivity contribution is 0.504. The molecule has 3 aromatic carbocycles. The zero-order valence-corrected chi connectivity index (χ0v) is 22.0. The molecule has 0 aliphatic heterocycles. The summed E-state index contributed by atoms with van der Waals surface area (Å²) < 4.78 is 29.4. The molecule has 0 saturated carbocycles. The van der Waals surface area contributed by atoms with Gasteiger partial charge in [-0.15, -0.1) is 0 Å². The van der Waals surface area contributed by atoms with Gasteiger partial charge in [0, 0.05) is 37.6 Å². The maximum atomic E-state index is 13.3. The highest BCUT2D eigenvalue weighted by Crippen LogP contribution is 2.31. The van der Waals surface area contributed by atoms with Crippen LogP contribution in [-0.2, 0) is 10.0 Å². The van der Waals surface area contributed by atoms with Gasteiger partial charge in [-0.1, -0.05) is 42.5 Å². The van der Waals surface area contributed by atoms with Crippen LogP contribution in [0.4, 0.5) is 11.4 Å².